The number of halogens is 2. The third-order valence-electron chi connectivity index (χ3n) is 4.47. The summed E-state index contributed by atoms with van der Waals surface area (Å²) >= 11 is 0. The molecule has 160 valence electrons. The van der Waals surface area contributed by atoms with Crippen molar-refractivity contribution >= 4 is 23.5 Å². The minimum absolute atomic E-state index is 0.329. The average molecular weight is 418 g/mol. The Morgan fingerprint density at radius 1 is 0.933 bits per heavy atom. The molecule has 0 heterocycles. The fraction of sp³-hybridized carbons (Fsp3) is 0.318. The molecule has 2 atom stereocenters. The van der Waals surface area contributed by atoms with E-state index >= 15 is 0 Å². The molecule has 2 rings (SSSR count). The molecule has 2 aromatic carbocycles. The number of carbonyl (C=O) groups excluding carboxylic acids is 3. The van der Waals surface area contributed by atoms with Gasteiger partial charge in [-0.05, 0) is 43.5 Å². The van der Waals surface area contributed by atoms with Gasteiger partial charge in [0.1, 0.15) is 23.4 Å². The first kappa shape index (κ1) is 23.0. The number of aryl methyl sites for hydroxylation is 1. The summed E-state index contributed by atoms with van der Waals surface area (Å²) in [7, 11) is 0. The van der Waals surface area contributed by atoms with Crippen LogP contribution in [0.2, 0.25) is 0 Å². The zero-order chi connectivity index (χ0) is 22.4. The molecular weight excluding hydrogens is 394 g/mol. The van der Waals surface area contributed by atoms with E-state index in [2.05, 4.69) is 10.6 Å². The van der Waals surface area contributed by atoms with Gasteiger partial charge in [0.25, 0.3) is 11.8 Å². The molecule has 0 saturated carbocycles. The van der Waals surface area contributed by atoms with Gasteiger partial charge in [0.2, 0.25) is 0 Å². The predicted molar refractivity (Wildman–Crippen MR) is 108 cm³/mol. The van der Waals surface area contributed by atoms with Crippen molar-refractivity contribution in [2.45, 2.75) is 39.8 Å². The summed E-state index contributed by atoms with van der Waals surface area (Å²) in [6.07, 6.45) is -1.34. The number of hydrogen-bond acceptors (Lipinski definition) is 4. The van der Waals surface area contributed by atoms with Crippen molar-refractivity contribution in [2.24, 2.45) is 5.92 Å². The van der Waals surface area contributed by atoms with Gasteiger partial charge in [-0.15, -0.1) is 0 Å². The molecule has 0 radical (unpaired) electrons. The lowest BCUT2D eigenvalue weighted by Crippen LogP contribution is -2.47. The largest absolute Gasteiger partial charge is 0.451 e. The van der Waals surface area contributed by atoms with Gasteiger partial charge in [-0.3, -0.25) is 9.59 Å². The van der Waals surface area contributed by atoms with Crippen LogP contribution in [0.3, 0.4) is 0 Å². The van der Waals surface area contributed by atoms with E-state index in [0.29, 0.717) is 5.56 Å². The van der Waals surface area contributed by atoms with E-state index in [1.54, 1.807) is 45.0 Å². The van der Waals surface area contributed by atoms with Crippen molar-refractivity contribution in [2.75, 3.05) is 5.32 Å². The molecule has 0 saturated heterocycles. The van der Waals surface area contributed by atoms with Crippen LogP contribution >= 0.6 is 0 Å². The molecule has 0 aliphatic heterocycles. The Hall–Kier alpha value is -3.29. The van der Waals surface area contributed by atoms with Crippen LogP contribution in [0.4, 0.5) is 14.5 Å². The number of anilines is 1. The smallest absolute Gasteiger partial charge is 0.329 e. The number of esters is 1. The molecule has 0 unspecified atom stereocenters. The zero-order valence-electron chi connectivity index (χ0n) is 17.2. The van der Waals surface area contributed by atoms with Crippen LogP contribution in [0.1, 0.15) is 36.7 Å². The minimum atomic E-state index is -1.34. The van der Waals surface area contributed by atoms with E-state index in [9.17, 15) is 23.2 Å². The second-order valence-electron chi connectivity index (χ2n) is 7.18. The van der Waals surface area contributed by atoms with Gasteiger partial charge in [-0.25, -0.2) is 13.6 Å². The minimum Gasteiger partial charge on any atom is -0.451 e. The van der Waals surface area contributed by atoms with Crippen molar-refractivity contribution in [1.82, 2.24) is 5.32 Å². The fourth-order valence-electron chi connectivity index (χ4n) is 2.69. The van der Waals surface area contributed by atoms with E-state index in [0.717, 1.165) is 23.8 Å². The Morgan fingerprint density at radius 2 is 1.53 bits per heavy atom. The Balaban J connectivity index is 2.06. The molecule has 30 heavy (non-hydrogen) atoms. The van der Waals surface area contributed by atoms with Gasteiger partial charge in [-0.1, -0.05) is 38.1 Å². The number of ether oxygens (including phenoxy) is 1. The topological polar surface area (TPSA) is 84.5 Å². The first-order chi connectivity index (χ1) is 14.1. The summed E-state index contributed by atoms with van der Waals surface area (Å²) in [4.78, 5) is 37.3. The molecule has 0 bridgehead atoms. The number of rotatable bonds is 7. The predicted octanol–water partition coefficient (Wildman–Crippen LogP) is 3.60. The van der Waals surface area contributed by atoms with Crippen LogP contribution in [-0.4, -0.2) is 29.9 Å². The lowest BCUT2D eigenvalue weighted by Gasteiger charge is -2.23. The molecule has 8 heteroatoms. The highest BCUT2D eigenvalue weighted by molar-refractivity contribution is 5.99. The summed E-state index contributed by atoms with van der Waals surface area (Å²) < 4.78 is 32.5. The second-order valence-corrected chi connectivity index (χ2v) is 7.18. The average Bonchev–Trinajstić information content (AvgIpc) is 2.68. The molecule has 2 aromatic rings. The number of amides is 2. The first-order valence-corrected chi connectivity index (χ1v) is 9.43. The van der Waals surface area contributed by atoms with Crippen LogP contribution in [0.5, 0.6) is 0 Å². The number of para-hydroxylation sites is 1. The Morgan fingerprint density at radius 3 is 2.10 bits per heavy atom. The molecule has 2 amide bonds. The van der Waals surface area contributed by atoms with Crippen LogP contribution in [-0.2, 0) is 14.3 Å². The van der Waals surface area contributed by atoms with Crippen molar-refractivity contribution in [1.29, 1.82) is 0 Å². The van der Waals surface area contributed by atoms with Gasteiger partial charge in [0.15, 0.2) is 6.10 Å². The fourth-order valence-corrected chi connectivity index (χ4v) is 2.69. The molecule has 2 N–H and O–H groups in total. The quantitative estimate of drug-likeness (QED) is 0.673. The zero-order valence-corrected chi connectivity index (χ0v) is 17.2. The number of hydrogen-bond donors (Lipinski definition) is 2. The van der Waals surface area contributed by atoms with Crippen LogP contribution in [0.25, 0.3) is 0 Å². The number of benzene rings is 2. The standard InChI is InChI=1S/C22H24F2N2O4/c1-12(2)18(25-21(28)15-9-6-5-8-13(15)3)22(29)30-14(4)20(27)26-19-16(23)10-7-11-17(19)24/h5-12,14,18H,1-4H3,(H,25,28)(H,26,27)/t14-,18+/m1/s1. The lowest BCUT2D eigenvalue weighted by molar-refractivity contribution is -0.156. The van der Waals surface area contributed by atoms with E-state index in [1.165, 1.54) is 6.92 Å². The summed E-state index contributed by atoms with van der Waals surface area (Å²) in [6.45, 7) is 6.46. The van der Waals surface area contributed by atoms with Crippen molar-refractivity contribution in [3.63, 3.8) is 0 Å². The van der Waals surface area contributed by atoms with Crippen molar-refractivity contribution in [3.8, 4) is 0 Å². The third-order valence-corrected chi connectivity index (χ3v) is 4.47. The van der Waals surface area contributed by atoms with Gasteiger partial charge < -0.3 is 15.4 Å². The van der Waals surface area contributed by atoms with Crippen molar-refractivity contribution in [3.05, 3.63) is 65.2 Å². The maximum absolute atomic E-state index is 13.7. The third kappa shape index (κ3) is 5.62. The van der Waals surface area contributed by atoms with Crippen LogP contribution < -0.4 is 10.6 Å². The van der Waals surface area contributed by atoms with E-state index in [1.807, 2.05) is 0 Å². The van der Waals surface area contributed by atoms with Gasteiger partial charge in [0, 0.05) is 5.56 Å². The van der Waals surface area contributed by atoms with Gasteiger partial charge in [-0.2, -0.15) is 0 Å². The Kier molecular flexibility index (Phi) is 7.63. The van der Waals surface area contributed by atoms with Crippen LogP contribution in [0.15, 0.2) is 42.5 Å². The molecule has 6 nitrogen and oxygen atoms in total. The monoisotopic (exact) mass is 418 g/mol. The first-order valence-electron chi connectivity index (χ1n) is 9.43. The Labute approximate surface area is 173 Å². The summed E-state index contributed by atoms with van der Waals surface area (Å²) in [5.74, 6) is -4.41. The molecule has 0 aliphatic carbocycles. The number of nitrogens with one attached hydrogen (secondary N) is 2. The second kappa shape index (κ2) is 9.96. The van der Waals surface area contributed by atoms with Gasteiger partial charge in [0.05, 0.1) is 0 Å². The highest BCUT2D eigenvalue weighted by atomic mass is 19.1. The van der Waals surface area contributed by atoms with Gasteiger partial charge >= 0.3 is 5.97 Å². The maximum Gasteiger partial charge on any atom is 0.329 e. The molecule has 0 fully saturated rings. The highest BCUT2D eigenvalue weighted by Gasteiger charge is 2.30. The number of carbonyl (C=O) groups is 3. The summed E-state index contributed by atoms with van der Waals surface area (Å²) in [5.41, 5.74) is 0.529. The maximum atomic E-state index is 13.7. The molecule has 0 aliphatic rings. The Bertz CT molecular complexity index is 926. The SMILES string of the molecule is Cc1ccccc1C(=O)N[C@H](C(=O)O[C@H](C)C(=O)Nc1c(F)cccc1F)C(C)C. The summed E-state index contributed by atoms with van der Waals surface area (Å²) in [6, 6.07) is 9.03. The normalized spacial score (nSPS) is 12.8. The lowest BCUT2D eigenvalue weighted by atomic mass is 10.0. The molecule has 0 aromatic heterocycles. The highest BCUT2D eigenvalue weighted by Crippen LogP contribution is 2.18. The van der Waals surface area contributed by atoms with Crippen LogP contribution in [0, 0.1) is 24.5 Å². The molecular formula is C22H24F2N2O4. The van der Waals surface area contributed by atoms with E-state index < -0.39 is 47.3 Å². The van der Waals surface area contributed by atoms with E-state index in [-0.39, 0.29) is 5.92 Å². The molecule has 0 spiro atoms. The van der Waals surface area contributed by atoms with Crippen molar-refractivity contribution < 1.29 is 27.9 Å². The van der Waals surface area contributed by atoms with E-state index in [4.69, 9.17) is 4.74 Å². The summed E-state index contributed by atoms with van der Waals surface area (Å²) in [5, 5.41) is 4.69.